The molecule has 2 fully saturated rings. The van der Waals surface area contributed by atoms with Gasteiger partial charge in [-0.15, -0.1) is 10.2 Å². The summed E-state index contributed by atoms with van der Waals surface area (Å²) < 4.78 is 30.2. The van der Waals surface area contributed by atoms with Gasteiger partial charge >= 0.3 is 0 Å². The van der Waals surface area contributed by atoms with Gasteiger partial charge in [0.1, 0.15) is 0 Å². The number of anilines is 1. The van der Waals surface area contributed by atoms with Crippen LogP contribution < -0.4 is 15.4 Å². The molecule has 0 radical (unpaired) electrons. The Hall–Kier alpha value is -2.15. The molecule has 0 atom stereocenters. The van der Waals surface area contributed by atoms with Gasteiger partial charge in [0.2, 0.25) is 21.9 Å². The summed E-state index contributed by atoms with van der Waals surface area (Å²) in [6.07, 6.45) is 2.82. The van der Waals surface area contributed by atoms with Gasteiger partial charge < -0.3 is 15.0 Å². The highest BCUT2D eigenvalue weighted by Crippen LogP contribution is 2.41. The molecule has 31 heavy (non-hydrogen) atoms. The number of rotatable bonds is 9. The third-order valence-corrected chi connectivity index (χ3v) is 7.04. The molecule has 1 saturated carbocycles. The van der Waals surface area contributed by atoms with Gasteiger partial charge in [0.25, 0.3) is 0 Å². The first-order chi connectivity index (χ1) is 14.9. The van der Waals surface area contributed by atoms with E-state index < -0.39 is 10.0 Å². The minimum absolute atomic E-state index is 0.0768. The monoisotopic (exact) mass is 466 g/mol. The van der Waals surface area contributed by atoms with Gasteiger partial charge in [-0.3, -0.25) is 9.36 Å². The molecule has 168 valence electrons. The van der Waals surface area contributed by atoms with Crippen molar-refractivity contribution in [1.29, 1.82) is 0 Å². The number of carbonyl (C=O) groups is 1. The minimum atomic E-state index is -3.69. The van der Waals surface area contributed by atoms with Crippen LogP contribution in [0.5, 0.6) is 0 Å². The van der Waals surface area contributed by atoms with Crippen molar-refractivity contribution in [3.8, 4) is 0 Å². The lowest BCUT2D eigenvalue weighted by molar-refractivity contribution is -0.118. The number of thioether (sulfide) groups is 1. The molecule has 2 heterocycles. The van der Waals surface area contributed by atoms with Crippen LogP contribution in [0.25, 0.3) is 0 Å². The highest BCUT2D eigenvalue weighted by atomic mass is 32.2. The Balaban J connectivity index is 1.27. The summed E-state index contributed by atoms with van der Waals surface area (Å²) in [5.41, 5.74) is 0.920. The zero-order valence-corrected chi connectivity index (χ0v) is 18.7. The van der Waals surface area contributed by atoms with E-state index in [0.29, 0.717) is 32.2 Å². The lowest BCUT2D eigenvalue weighted by atomic mass is 10.1. The summed E-state index contributed by atoms with van der Waals surface area (Å²) in [6, 6.07) is 6.76. The van der Waals surface area contributed by atoms with Gasteiger partial charge in [0.05, 0.1) is 23.9 Å². The van der Waals surface area contributed by atoms with E-state index >= 15 is 0 Å². The molecule has 2 aromatic rings. The number of nitrogens with zero attached hydrogens (tertiary/aromatic N) is 4. The second-order valence-electron chi connectivity index (χ2n) is 7.56. The van der Waals surface area contributed by atoms with Crippen molar-refractivity contribution in [3.63, 3.8) is 0 Å². The second-order valence-corrected chi connectivity index (χ2v) is 10.1. The lowest BCUT2D eigenvalue weighted by Gasteiger charge is -2.27. The van der Waals surface area contributed by atoms with Crippen LogP contribution in [0.4, 0.5) is 5.95 Å². The molecule has 4 rings (SSSR count). The Morgan fingerprint density at radius 1 is 1.19 bits per heavy atom. The van der Waals surface area contributed by atoms with Crippen LogP contribution >= 0.6 is 11.8 Å². The van der Waals surface area contributed by atoms with Crippen LogP contribution in [-0.4, -0.2) is 67.7 Å². The molecule has 10 nitrogen and oxygen atoms in total. The minimum Gasteiger partial charge on any atom is -0.378 e. The molecule has 2 aliphatic rings. The van der Waals surface area contributed by atoms with Crippen molar-refractivity contribution >= 4 is 33.6 Å². The molecule has 1 amide bonds. The van der Waals surface area contributed by atoms with Crippen LogP contribution in [0, 0.1) is 0 Å². The number of carbonyl (C=O) groups excluding carboxylic acids is 1. The van der Waals surface area contributed by atoms with E-state index in [1.165, 1.54) is 23.9 Å². The summed E-state index contributed by atoms with van der Waals surface area (Å²) in [4.78, 5) is 14.6. The molecular weight excluding hydrogens is 440 g/mol. The molecule has 1 saturated heterocycles. The highest BCUT2D eigenvalue weighted by Gasteiger charge is 2.32. The van der Waals surface area contributed by atoms with E-state index in [0.717, 1.165) is 42.6 Å². The number of hydrogen-bond donors (Lipinski definition) is 2. The molecular formula is C19H26N6O4S2. The fraction of sp³-hybridized carbons (Fsp3) is 0.526. The van der Waals surface area contributed by atoms with Gasteiger partial charge in [-0.25, -0.2) is 13.6 Å². The Bertz CT molecular complexity index is 1010. The Labute approximate surface area is 185 Å². The number of hydrogen-bond acceptors (Lipinski definition) is 8. The number of nitrogens with two attached hydrogens (primary N) is 1. The molecule has 12 heteroatoms. The highest BCUT2D eigenvalue weighted by molar-refractivity contribution is 7.99. The maximum Gasteiger partial charge on any atom is 0.238 e. The maximum absolute atomic E-state index is 12.3. The first-order valence-electron chi connectivity index (χ1n) is 10.2. The van der Waals surface area contributed by atoms with E-state index in [2.05, 4.69) is 25.0 Å². The van der Waals surface area contributed by atoms with Crippen molar-refractivity contribution in [2.75, 3.05) is 43.5 Å². The van der Waals surface area contributed by atoms with E-state index in [1.807, 2.05) is 0 Å². The number of sulfonamides is 1. The van der Waals surface area contributed by atoms with Crippen molar-refractivity contribution in [3.05, 3.63) is 29.8 Å². The zero-order chi connectivity index (χ0) is 21.8. The van der Waals surface area contributed by atoms with E-state index in [1.54, 1.807) is 12.1 Å². The molecule has 1 aliphatic carbocycles. The van der Waals surface area contributed by atoms with E-state index in [9.17, 15) is 13.2 Å². The summed E-state index contributed by atoms with van der Waals surface area (Å²) in [5, 5.41) is 17.5. The third-order valence-electron chi connectivity index (χ3n) is 5.17. The van der Waals surface area contributed by atoms with Gasteiger partial charge in [0.15, 0.2) is 5.16 Å². The SMILES string of the molecule is NS(=O)(=O)c1ccc(CCNC(=O)CSc2nnc(N3CCOCC3)n2C2CC2)cc1. The number of amides is 1. The second kappa shape index (κ2) is 9.55. The number of aromatic nitrogens is 3. The Morgan fingerprint density at radius 3 is 2.55 bits per heavy atom. The number of ether oxygens (including phenoxy) is 1. The fourth-order valence-corrected chi connectivity index (χ4v) is 4.72. The van der Waals surface area contributed by atoms with Crippen LogP contribution in [0.15, 0.2) is 34.3 Å². The molecule has 0 spiro atoms. The van der Waals surface area contributed by atoms with Gasteiger partial charge in [-0.05, 0) is 37.0 Å². The average molecular weight is 467 g/mol. The number of primary sulfonamides is 1. The van der Waals surface area contributed by atoms with Gasteiger partial charge in [0, 0.05) is 25.7 Å². The topological polar surface area (TPSA) is 132 Å². The van der Waals surface area contributed by atoms with Crippen molar-refractivity contribution in [2.45, 2.75) is 35.4 Å². The largest absolute Gasteiger partial charge is 0.378 e. The number of morpholine rings is 1. The number of nitrogens with one attached hydrogen (secondary N) is 1. The van der Waals surface area contributed by atoms with Crippen LogP contribution in [-0.2, 0) is 26.0 Å². The number of benzene rings is 1. The van der Waals surface area contributed by atoms with Gasteiger partial charge in [-0.1, -0.05) is 23.9 Å². The fourth-order valence-electron chi connectivity index (χ4n) is 3.37. The molecule has 3 N–H and O–H groups in total. The van der Waals surface area contributed by atoms with Crippen molar-refractivity contribution < 1.29 is 17.9 Å². The quantitative estimate of drug-likeness (QED) is 0.512. The smallest absolute Gasteiger partial charge is 0.238 e. The van der Waals surface area contributed by atoms with Crippen LogP contribution in [0.3, 0.4) is 0 Å². The third kappa shape index (κ3) is 5.76. The van der Waals surface area contributed by atoms with E-state index in [-0.39, 0.29) is 16.6 Å². The van der Waals surface area contributed by atoms with E-state index in [4.69, 9.17) is 9.88 Å². The Kier molecular flexibility index (Phi) is 6.80. The summed E-state index contributed by atoms with van der Waals surface area (Å²) in [6.45, 7) is 3.44. The Morgan fingerprint density at radius 2 is 1.90 bits per heavy atom. The first-order valence-corrected chi connectivity index (χ1v) is 12.7. The normalized spacial score (nSPS) is 17.0. The van der Waals surface area contributed by atoms with Crippen LogP contribution in [0.1, 0.15) is 24.4 Å². The lowest BCUT2D eigenvalue weighted by Crippen LogP contribution is -2.38. The maximum atomic E-state index is 12.3. The molecule has 1 aromatic carbocycles. The summed E-state index contributed by atoms with van der Waals surface area (Å²) in [7, 11) is -3.69. The van der Waals surface area contributed by atoms with Gasteiger partial charge in [-0.2, -0.15) is 0 Å². The first kappa shape index (κ1) is 22.1. The summed E-state index contributed by atoms with van der Waals surface area (Å²) in [5.74, 6) is 1.05. The zero-order valence-electron chi connectivity index (χ0n) is 17.1. The van der Waals surface area contributed by atoms with Crippen LogP contribution in [0.2, 0.25) is 0 Å². The predicted octanol–water partition coefficient (Wildman–Crippen LogP) is 0.548. The predicted molar refractivity (Wildman–Crippen MR) is 117 cm³/mol. The van der Waals surface area contributed by atoms with Crippen molar-refractivity contribution in [2.24, 2.45) is 5.14 Å². The standard InChI is InChI=1S/C19H26N6O4S2/c20-31(27,28)16-5-1-14(2-6-16)7-8-21-17(26)13-30-19-23-22-18(25(19)15-3-4-15)24-9-11-29-12-10-24/h1-2,5-6,15H,3-4,7-13H2,(H,21,26)(H2,20,27,28). The molecule has 1 aliphatic heterocycles. The average Bonchev–Trinajstić information content (AvgIpc) is 3.51. The van der Waals surface area contributed by atoms with Crippen molar-refractivity contribution in [1.82, 2.24) is 20.1 Å². The summed E-state index contributed by atoms with van der Waals surface area (Å²) >= 11 is 1.40. The molecule has 0 bridgehead atoms. The molecule has 0 unspecified atom stereocenters. The molecule has 1 aromatic heterocycles.